The van der Waals surface area contributed by atoms with E-state index in [1.807, 2.05) is 62.0 Å². The number of nitrogens with one attached hydrogen (secondary N) is 2. The van der Waals surface area contributed by atoms with Crippen LogP contribution in [0.1, 0.15) is 27.3 Å². The molecule has 3 aromatic rings. The molecule has 0 fully saturated rings. The topological polar surface area (TPSA) is 89.8 Å². The highest BCUT2D eigenvalue weighted by atomic mass is 16.6. The van der Waals surface area contributed by atoms with Crippen LogP contribution in [0.5, 0.6) is 11.5 Å². The molecule has 0 spiro atoms. The van der Waals surface area contributed by atoms with Gasteiger partial charge in [0, 0.05) is 36.6 Å². The fourth-order valence-corrected chi connectivity index (χ4v) is 3.60. The number of anilines is 1. The minimum absolute atomic E-state index is 0.233. The molecule has 1 aliphatic heterocycles. The first kappa shape index (κ1) is 21.4. The summed E-state index contributed by atoms with van der Waals surface area (Å²) in [5.74, 6) is 1.51. The van der Waals surface area contributed by atoms with E-state index in [0.29, 0.717) is 42.8 Å². The maximum Gasteiger partial charge on any atom is 0.257 e. The molecule has 0 unspecified atom stereocenters. The molecule has 0 bridgehead atoms. The monoisotopic (exact) mass is 433 g/mol. The third-order valence-corrected chi connectivity index (χ3v) is 5.36. The highest BCUT2D eigenvalue weighted by Crippen LogP contribution is 2.32. The van der Waals surface area contributed by atoms with Crippen LogP contribution in [0.3, 0.4) is 0 Å². The van der Waals surface area contributed by atoms with Gasteiger partial charge in [-0.15, -0.1) is 0 Å². The number of aliphatic imine (C=N–C) groups is 1. The van der Waals surface area contributed by atoms with Gasteiger partial charge in [0.15, 0.2) is 11.5 Å². The lowest BCUT2D eigenvalue weighted by molar-refractivity contribution is 0.0977. The van der Waals surface area contributed by atoms with Crippen LogP contribution in [0.25, 0.3) is 0 Å². The Morgan fingerprint density at radius 3 is 2.56 bits per heavy atom. The van der Waals surface area contributed by atoms with E-state index in [1.54, 1.807) is 12.1 Å². The van der Waals surface area contributed by atoms with Crippen LogP contribution in [-0.2, 0) is 13.5 Å². The van der Waals surface area contributed by atoms with E-state index < -0.39 is 0 Å². The molecule has 32 heavy (non-hydrogen) atoms. The van der Waals surface area contributed by atoms with Gasteiger partial charge in [-0.25, -0.2) is 0 Å². The number of ether oxygens (including phenoxy) is 2. The third kappa shape index (κ3) is 4.91. The summed E-state index contributed by atoms with van der Waals surface area (Å²) in [4.78, 5) is 17.4. The summed E-state index contributed by atoms with van der Waals surface area (Å²) in [6, 6.07) is 14.6. The predicted octanol–water partition coefficient (Wildman–Crippen LogP) is 3.25. The smallest absolute Gasteiger partial charge is 0.257 e. The van der Waals surface area contributed by atoms with Gasteiger partial charge in [0.2, 0.25) is 5.96 Å². The van der Waals surface area contributed by atoms with Crippen LogP contribution in [0.2, 0.25) is 0 Å². The summed E-state index contributed by atoms with van der Waals surface area (Å²) in [5, 5.41) is 10.6. The van der Waals surface area contributed by atoms with Crippen molar-refractivity contribution in [3.05, 3.63) is 71.0 Å². The number of carbonyl (C=O) groups excluding carboxylic acids is 1. The molecule has 0 saturated carbocycles. The average molecular weight is 434 g/mol. The average Bonchev–Trinajstić information content (AvgIpc) is 3.05. The van der Waals surface area contributed by atoms with Gasteiger partial charge < -0.3 is 14.8 Å². The maximum absolute atomic E-state index is 12.7. The summed E-state index contributed by atoms with van der Waals surface area (Å²) < 4.78 is 13.1. The molecule has 0 atom stereocenters. The number of amides is 1. The molecular formula is C24H27N5O3. The summed E-state index contributed by atoms with van der Waals surface area (Å²) in [5.41, 5.74) is 4.59. The second kappa shape index (κ2) is 9.55. The molecule has 2 N–H and O–H groups in total. The molecule has 1 amide bonds. The molecule has 1 aromatic heterocycles. The van der Waals surface area contributed by atoms with Crippen molar-refractivity contribution in [3.8, 4) is 11.5 Å². The summed E-state index contributed by atoms with van der Waals surface area (Å²) in [7, 11) is 1.93. The molecular weight excluding hydrogens is 406 g/mol. The van der Waals surface area contributed by atoms with Crippen LogP contribution >= 0.6 is 0 Å². The number of rotatable bonds is 5. The molecule has 0 saturated heterocycles. The second-order valence-corrected chi connectivity index (χ2v) is 7.56. The third-order valence-electron chi connectivity index (χ3n) is 5.36. The summed E-state index contributed by atoms with van der Waals surface area (Å²) in [6.45, 7) is 5.58. The summed E-state index contributed by atoms with van der Waals surface area (Å²) >= 11 is 0. The first-order valence-electron chi connectivity index (χ1n) is 10.6. The minimum Gasteiger partial charge on any atom is -0.486 e. The van der Waals surface area contributed by atoms with E-state index in [9.17, 15) is 4.79 Å². The van der Waals surface area contributed by atoms with E-state index in [0.717, 1.165) is 23.5 Å². The fourth-order valence-electron chi connectivity index (χ4n) is 3.60. The number of benzene rings is 2. The quantitative estimate of drug-likeness (QED) is 0.476. The van der Waals surface area contributed by atoms with Crippen molar-refractivity contribution in [2.24, 2.45) is 12.0 Å². The number of aromatic nitrogens is 2. The molecule has 2 aromatic carbocycles. The van der Waals surface area contributed by atoms with Crippen molar-refractivity contribution >= 4 is 17.6 Å². The van der Waals surface area contributed by atoms with Gasteiger partial charge >= 0.3 is 0 Å². The van der Waals surface area contributed by atoms with Crippen LogP contribution < -0.4 is 20.1 Å². The first-order chi connectivity index (χ1) is 15.5. The van der Waals surface area contributed by atoms with Crippen molar-refractivity contribution in [1.82, 2.24) is 15.1 Å². The lowest BCUT2D eigenvalue weighted by Crippen LogP contribution is -2.36. The fraction of sp³-hybridized carbons (Fsp3) is 0.292. The van der Waals surface area contributed by atoms with E-state index in [4.69, 9.17) is 9.47 Å². The number of carbonyl (C=O) groups is 1. The lowest BCUT2D eigenvalue weighted by Gasteiger charge is -2.19. The van der Waals surface area contributed by atoms with Crippen molar-refractivity contribution in [2.75, 3.05) is 25.1 Å². The number of guanidine groups is 1. The van der Waals surface area contributed by atoms with Crippen molar-refractivity contribution < 1.29 is 14.3 Å². The van der Waals surface area contributed by atoms with E-state index in [1.165, 1.54) is 5.56 Å². The van der Waals surface area contributed by atoms with Gasteiger partial charge in [-0.05, 0) is 50.1 Å². The van der Waals surface area contributed by atoms with Gasteiger partial charge in [0.1, 0.15) is 13.2 Å². The van der Waals surface area contributed by atoms with E-state index in [2.05, 4.69) is 20.7 Å². The molecule has 166 valence electrons. The van der Waals surface area contributed by atoms with Crippen molar-refractivity contribution in [1.29, 1.82) is 0 Å². The van der Waals surface area contributed by atoms with Crippen LogP contribution in [0.15, 0.2) is 53.5 Å². The Kier molecular flexibility index (Phi) is 6.39. The lowest BCUT2D eigenvalue weighted by atomic mass is 10.1. The Labute approximate surface area is 187 Å². The maximum atomic E-state index is 12.7. The SMILES string of the molecule is Cc1nn(C)c(C)c1CCN=C(NC(=O)c1ccccc1)Nc1ccc2c(c1)OCCO2. The molecule has 1 aliphatic rings. The number of fused-ring (bicyclic) bond motifs is 1. The Morgan fingerprint density at radius 1 is 1.09 bits per heavy atom. The van der Waals surface area contributed by atoms with Crippen LogP contribution in [0.4, 0.5) is 5.69 Å². The van der Waals surface area contributed by atoms with E-state index in [-0.39, 0.29) is 5.91 Å². The number of nitrogens with zero attached hydrogens (tertiary/aromatic N) is 3. The molecule has 4 rings (SSSR count). The number of aryl methyl sites for hydroxylation is 2. The zero-order valence-corrected chi connectivity index (χ0v) is 18.5. The highest BCUT2D eigenvalue weighted by molar-refractivity contribution is 6.10. The largest absolute Gasteiger partial charge is 0.486 e. The molecule has 0 radical (unpaired) electrons. The molecule has 8 nitrogen and oxygen atoms in total. The number of hydrogen-bond acceptors (Lipinski definition) is 5. The van der Waals surface area contributed by atoms with Gasteiger partial charge in [0.05, 0.1) is 5.69 Å². The Hall–Kier alpha value is -3.81. The van der Waals surface area contributed by atoms with Crippen molar-refractivity contribution in [3.63, 3.8) is 0 Å². The van der Waals surface area contributed by atoms with E-state index >= 15 is 0 Å². The highest BCUT2D eigenvalue weighted by Gasteiger charge is 2.14. The first-order valence-corrected chi connectivity index (χ1v) is 10.6. The predicted molar refractivity (Wildman–Crippen MR) is 124 cm³/mol. The van der Waals surface area contributed by atoms with Gasteiger partial charge in [-0.1, -0.05) is 18.2 Å². The van der Waals surface area contributed by atoms with Gasteiger partial charge in [0.25, 0.3) is 5.91 Å². The minimum atomic E-state index is -0.233. The standard InChI is InChI=1S/C24H27N5O3/c1-16-20(17(2)29(3)28-16)11-12-25-24(27-23(30)18-7-5-4-6-8-18)26-19-9-10-21-22(15-19)32-14-13-31-21/h4-10,15H,11-14H2,1-3H3,(H2,25,26,27,30). The van der Waals surface area contributed by atoms with Crippen molar-refractivity contribution in [2.45, 2.75) is 20.3 Å². The molecule has 2 heterocycles. The Balaban J connectivity index is 1.53. The second-order valence-electron chi connectivity index (χ2n) is 7.56. The van der Waals surface area contributed by atoms with Gasteiger partial charge in [-0.2, -0.15) is 5.10 Å². The zero-order chi connectivity index (χ0) is 22.5. The van der Waals surface area contributed by atoms with Crippen LogP contribution in [0, 0.1) is 13.8 Å². The molecule has 8 heteroatoms. The molecule has 0 aliphatic carbocycles. The Bertz CT molecular complexity index is 1140. The van der Waals surface area contributed by atoms with Gasteiger partial charge in [-0.3, -0.25) is 19.8 Å². The zero-order valence-electron chi connectivity index (χ0n) is 18.5. The summed E-state index contributed by atoms with van der Waals surface area (Å²) in [6.07, 6.45) is 0.721. The Morgan fingerprint density at radius 2 is 1.84 bits per heavy atom. The normalized spacial score (nSPS) is 13.0. The van der Waals surface area contributed by atoms with Crippen LogP contribution in [-0.4, -0.2) is 41.4 Å². The number of hydrogen-bond donors (Lipinski definition) is 2.